The summed E-state index contributed by atoms with van der Waals surface area (Å²) in [6.45, 7) is -0.265. The van der Waals surface area contributed by atoms with Gasteiger partial charge in [0.15, 0.2) is 6.61 Å². The summed E-state index contributed by atoms with van der Waals surface area (Å²) in [6, 6.07) is 21.4. The summed E-state index contributed by atoms with van der Waals surface area (Å²) in [7, 11) is 1.56. The van der Waals surface area contributed by atoms with Crippen molar-refractivity contribution in [3.8, 4) is 23.3 Å². The van der Waals surface area contributed by atoms with E-state index in [1.165, 1.54) is 30.3 Å². The number of benzene rings is 3. The number of amides is 2. The van der Waals surface area contributed by atoms with E-state index >= 15 is 0 Å². The largest absolute Gasteiger partial charge is 0.508 e. The average molecular weight is 443 g/mol. The van der Waals surface area contributed by atoms with Crippen LogP contribution in [0.2, 0.25) is 0 Å². The predicted octanol–water partition coefficient (Wildman–Crippen LogP) is 3.96. The van der Waals surface area contributed by atoms with Crippen LogP contribution in [0.1, 0.15) is 5.56 Å². The van der Waals surface area contributed by atoms with Crippen LogP contribution in [0.5, 0.6) is 17.2 Å². The summed E-state index contributed by atoms with van der Waals surface area (Å²) in [5.41, 5.74) is 1.34. The van der Waals surface area contributed by atoms with Crippen LogP contribution < -0.4 is 20.1 Å². The average Bonchev–Trinajstić information content (AvgIpc) is 2.83. The molecule has 33 heavy (non-hydrogen) atoms. The lowest BCUT2D eigenvalue weighted by Crippen LogP contribution is -2.20. The number of hydrogen-bond acceptors (Lipinski definition) is 6. The van der Waals surface area contributed by atoms with Crippen molar-refractivity contribution in [2.45, 2.75) is 0 Å². The first-order valence-electron chi connectivity index (χ1n) is 9.86. The van der Waals surface area contributed by atoms with Gasteiger partial charge in [-0.25, -0.2) is 0 Å². The first-order valence-corrected chi connectivity index (χ1v) is 9.86. The number of nitriles is 1. The molecule has 0 fully saturated rings. The molecule has 0 aliphatic rings. The summed E-state index contributed by atoms with van der Waals surface area (Å²) in [5, 5.41) is 24.1. The van der Waals surface area contributed by atoms with E-state index in [2.05, 4.69) is 10.6 Å². The quantitative estimate of drug-likeness (QED) is 0.275. The molecule has 3 N–H and O–H groups in total. The first-order chi connectivity index (χ1) is 16.0. The van der Waals surface area contributed by atoms with Crippen molar-refractivity contribution in [2.75, 3.05) is 24.4 Å². The monoisotopic (exact) mass is 443 g/mol. The Kier molecular flexibility index (Phi) is 7.65. The van der Waals surface area contributed by atoms with E-state index in [0.29, 0.717) is 28.4 Å². The van der Waals surface area contributed by atoms with Crippen molar-refractivity contribution >= 4 is 29.3 Å². The smallest absolute Gasteiger partial charge is 0.266 e. The molecule has 0 atom stereocenters. The lowest BCUT2D eigenvalue weighted by atomic mass is 10.1. The Morgan fingerprint density at radius 1 is 0.970 bits per heavy atom. The number of hydrogen-bond donors (Lipinski definition) is 3. The Balaban J connectivity index is 1.67. The van der Waals surface area contributed by atoms with E-state index < -0.39 is 5.91 Å². The third kappa shape index (κ3) is 6.60. The number of phenolic OH excluding ortho intramolecular Hbond substituents is 1. The number of ether oxygens (including phenoxy) is 2. The molecule has 0 saturated heterocycles. The molecule has 3 rings (SSSR count). The number of rotatable bonds is 8. The molecule has 2 amide bonds. The van der Waals surface area contributed by atoms with Crippen molar-refractivity contribution in [2.24, 2.45) is 0 Å². The molecule has 3 aromatic rings. The van der Waals surface area contributed by atoms with Gasteiger partial charge in [-0.05, 0) is 60.7 Å². The summed E-state index contributed by atoms with van der Waals surface area (Å²) in [6.07, 6.45) is 1.38. The molecule has 0 aliphatic heterocycles. The van der Waals surface area contributed by atoms with Gasteiger partial charge in [-0.1, -0.05) is 18.2 Å². The Bertz CT molecular complexity index is 1200. The number of carbonyl (C=O) groups excluding carboxylic acids is 2. The fourth-order valence-corrected chi connectivity index (χ4v) is 2.79. The molecule has 0 radical (unpaired) electrons. The summed E-state index contributed by atoms with van der Waals surface area (Å²) < 4.78 is 10.7. The molecule has 0 spiro atoms. The minimum Gasteiger partial charge on any atom is -0.508 e. The Hall–Kier alpha value is -4.77. The number of aromatic hydroxyl groups is 1. The summed E-state index contributed by atoms with van der Waals surface area (Å²) in [5.74, 6) is 0.0891. The second-order valence-corrected chi connectivity index (χ2v) is 6.77. The van der Waals surface area contributed by atoms with Gasteiger partial charge in [0.25, 0.3) is 11.8 Å². The molecule has 0 aromatic heterocycles. The van der Waals surface area contributed by atoms with Crippen molar-refractivity contribution in [1.82, 2.24) is 0 Å². The molecular weight excluding hydrogens is 422 g/mol. The summed E-state index contributed by atoms with van der Waals surface area (Å²) >= 11 is 0. The van der Waals surface area contributed by atoms with Crippen LogP contribution in [0.15, 0.2) is 78.4 Å². The highest BCUT2D eigenvalue weighted by molar-refractivity contribution is 6.09. The van der Waals surface area contributed by atoms with Gasteiger partial charge in [0.05, 0.1) is 7.11 Å². The second kappa shape index (κ2) is 11.0. The van der Waals surface area contributed by atoms with Gasteiger partial charge in [-0.3, -0.25) is 9.59 Å². The number of carbonyl (C=O) groups is 2. The van der Waals surface area contributed by atoms with E-state index in [-0.39, 0.29) is 23.8 Å². The number of nitrogens with one attached hydrogen (secondary N) is 2. The van der Waals surface area contributed by atoms with E-state index in [9.17, 15) is 20.0 Å². The van der Waals surface area contributed by atoms with Crippen LogP contribution in [-0.4, -0.2) is 30.6 Å². The van der Waals surface area contributed by atoms with Gasteiger partial charge in [0, 0.05) is 16.9 Å². The SMILES string of the molecule is COc1ccc(NC(=O)COc2ccccc2/C=C(\C#N)C(=O)Nc2ccc(O)cc2)cc1. The maximum Gasteiger partial charge on any atom is 0.266 e. The minimum absolute atomic E-state index is 0.0613. The molecule has 0 bridgehead atoms. The lowest BCUT2D eigenvalue weighted by molar-refractivity contribution is -0.118. The van der Waals surface area contributed by atoms with Gasteiger partial charge in [0.2, 0.25) is 0 Å². The van der Waals surface area contributed by atoms with Crippen molar-refractivity contribution in [3.63, 3.8) is 0 Å². The van der Waals surface area contributed by atoms with Crippen molar-refractivity contribution < 1.29 is 24.2 Å². The highest BCUT2D eigenvalue weighted by Gasteiger charge is 2.12. The minimum atomic E-state index is -0.616. The number of para-hydroxylation sites is 1. The number of phenols is 1. The fraction of sp³-hybridized carbons (Fsp3) is 0.0800. The zero-order valence-electron chi connectivity index (χ0n) is 17.7. The van der Waals surface area contributed by atoms with E-state index in [1.807, 2.05) is 6.07 Å². The van der Waals surface area contributed by atoms with Crippen LogP contribution >= 0.6 is 0 Å². The van der Waals surface area contributed by atoms with Gasteiger partial charge in [-0.15, -0.1) is 0 Å². The molecular formula is C25H21N3O5. The van der Waals surface area contributed by atoms with Gasteiger partial charge in [-0.2, -0.15) is 5.26 Å². The Morgan fingerprint density at radius 3 is 2.27 bits per heavy atom. The standard InChI is InChI=1S/C25H21N3O5/c1-32-22-12-8-19(9-13-22)27-24(30)16-33-23-5-3-2-4-17(23)14-18(15-26)25(31)28-20-6-10-21(29)11-7-20/h2-14,29H,16H2,1H3,(H,27,30)(H,28,31)/b18-14+. The van der Waals surface area contributed by atoms with Gasteiger partial charge >= 0.3 is 0 Å². The molecule has 0 heterocycles. The molecule has 8 heteroatoms. The van der Waals surface area contributed by atoms with Crippen LogP contribution in [0.4, 0.5) is 11.4 Å². The normalized spacial score (nSPS) is 10.6. The number of anilines is 2. The predicted molar refractivity (Wildman–Crippen MR) is 124 cm³/mol. The Labute approximate surface area is 190 Å². The topological polar surface area (TPSA) is 121 Å². The maximum atomic E-state index is 12.5. The zero-order chi connectivity index (χ0) is 23.6. The van der Waals surface area contributed by atoms with Gasteiger partial charge in [0.1, 0.15) is 28.9 Å². The highest BCUT2D eigenvalue weighted by Crippen LogP contribution is 2.22. The van der Waals surface area contributed by atoms with Gasteiger partial charge < -0.3 is 25.2 Å². The maximum absolute atomic E-state index is 12.5. The zero-order valence-corrected chi connectivity index (χ0v) is 17.7. The second-order valence-electron chi connectivity index (χ2n) is 6.77. The molecule has 8 nitrogen and oxygen atoms in total. The molecule has 3 aromatic carbocycles. The van der Waals surface area contributed by atoms with Crippen LogP contribution in [0, 0.1) is 11.3 Å². The highest BCUT2D eigenvalue weighted by atomic mass is 16.5. The summed E-state index contributed by atoms with van der Waals surface area (Å²) in [4.78, 5) is 24.7. The van der Waals surface area contributed by atoms with E-state index in [4.69, 9.17) is 9.47 Å². The molecule has 166 valence electrons. The van der Waals surface area contributed by atoms with Crippen LogP contribution in [-0.2, 0) is 9.59 Å². The fourth-order valence-electron chi connectivity index (χ4n) is 2.79. The molecule has 0 aliphatic carbocycles. The first kappa shape index (κ1) is 22.9. The van der Waals surface area contributed by atoms with Crippen LogP contribution in [0.25, 0.3) is 6.08 Å². The van der Waals surface area contributed by atoms with Crippen molar-refractivity contribution in [3.05, 3.63) is 83.9 Å². The van der Waals surface area contributed by atoms with Crippen molar-refractivity contribution in [1.29, 1.82) is 5.26 Å². The van der Waals surface area contributed by atoms with E-state index in [1.54, 1.807) is 55.6 Å². The number of methoxy groups -OCH3 is 1. The number of nitrogens with zero attached hydrogens (tertiary/aromatic N) is 1. The molecule has 0 saturated carbocycles. The van der Waals surface area contributed by atoms with E-state index in [0.717, 1.165) is 0 Å². The molecule has 0 unspecified atom stereocenters. The third-order valence-corrected chi connectivity index (χ3v) is 4.44. The van der Waals surface area contributed by atoms with Crippen LogP contribution in [0.3, 0.4) is 0 Å². The third-order valence-electron chi connectivity index (χ3n) is 4.44. The Morgan fingerprint density at radius 2 is 1.61 bits per heavy atom. The lowest BCUT2D eigenvalue weighted by Gasteiger charge is -2.11.